The van der Waals surface area contributed by atoms with E-state index in [1.54, 1.807) is 24.8 Å². The van der Waals surface area contributed by atoms with Crippen molar-refractivity contribution in [3.8, 4) is 0 Å². The molecule has 2 heterocycles. The van der Waals surface area contributed by atoms with Crippen LogP contribution in [0.25, 0.3) is 0 Å². The van der Waals surface area contributed by atoms with E-state index < -0.39 is 5.60 Å². The molecule has 0 radical (unpaired) electrons. The summed E-state index contributed by atoms with van der Waals surface area (Å²) in [7, 11) is 0. The maximum absolute atomic E-state index is 12.2. The van der Waals surface area contributed by atoms with Crippen LogP contribution in [0.2, 0.25) is 0 Å². The zero-order valence-electron chi connectivity index (χ0n) is 10.1. The third-order valence-corrected chi connectivity index (χ3v) is 3.08. The summed E-state index contributed by atoms with van der Waals surface area (Å²) in [6.07, 6.45) is 2.14. The lowest BCUT2D eigenvalue weighted by Crippen LogP contribution is -2.34. The van der Waals surface area contributed by atoms with E-state index in [1.165, 1.54) is 6.20 Å². The number of nitrogen functional groups attached to an aromatic ring is 1. The largest absolute Gasteiger partial charge is 0.397 e. The van der Waals surface area contributed by atoms with Gasteiger partial charge < -0.3 is 15.7 Å². The van der Waals surface area contributed by atoms with E-state index in [2.05, 4.69) is 4.98 Å². The van der Waals surface area contributed by atoms with Gasteiger partial charge in [0.15, 0.2) is 0 Å². The molecule has 1 aromatic heterocycles. The van der Waals surface area contributed by atoms with Crippen molar-refractivity contribution in [3.05, 3.63) is 23.5 Å². The van der Waals surface area contributed by atoms with Gasteiger partial charge in [0.2, 0.25) is 0 Å². The molecule has 1 fully saturated rings. The number of hydrogen-bond donors (Lipinski definition) is 2. The number of aliphatic hydroxyl groups is 1. The summed E-state index contributed by atoms with van der Waals surface area (Å²) in [6.45, 7) is 4.45. The zero-order valence-corrected chi connectivity index (χ0v) is 10.1. The first-order valence-electron chi connectivity index (χ1n) is 5.63. The van der Waals surface area contributed by atoms with Crippen LogP contribution in [0.5, 0.6) is 0 Å². The number of β-amino-alcohol motifs (C(OH)–C–C–N with tert-alkyl or cyclic N) is 1. The van der Waals surface area contributed by atoms with Crippen molar-refractivity contribution in [3.63, 3.8) is 0 Å². The number of nitrogens with zero attached hydrogens (tertiary/aromatic N) is 2. The van der Waals surface area contributed by atoms with Gasteiger partial charge >= 0.3 is 0 Å². The molecule has 5 nitrogen and oxygen atoms in total. The van der Waals surface area contributed by atoms with Gasteiger partial charge in [-0.1, -0.05) is 0 Å². The van der Waals surface area contributed by atoms with Crippen LogP contribution in [0.1, 0.15) is 29.4 Å². The number of carbonyl (C=O) groups is 1. The molecule has 0 aromatic carbocycles. The normalized spacial score (nSPS) is 24.1. The Labute approximate surface area is 100 Å². The zero-order chi connectivity index (χ0) is 12.6. The highest BCUT2D eigenvalue weighted by molar-refractivity contribution is 5.96. The number of likely N-dealkylation sites (tertiary alicyclic amines) is 1. The number of hydrogen-bond acceptors (Lipinski definition) is 4. The van der Waals surface area contributed by atoms with Gasteiger partial charge in [-0.2, -0.15) is 0 Å². The van der Waals surface area contributed by atoms with Gasteiger partial charge in [-0.25, -0.2) is 0 Å². The number of aryl methyl sites for hydroxylation is 1. The molecule has 1 atom stereocenters. The molecule has 0 aliphatic carbocycles. The lowest BCUT2D eigenvalue weighted by Gasteiger charge is -2.19. The molecule has 0 saturated carbocycles. The second-order valence-electron chi connectivity index (χ2n) is 4.88. The molecule has 1 aliphatic heterocycles. The molecule has 1 unspecified atom stereocenters. The van der Waals surface area contributed by atoms with Crippen LogP contribution in [0.3, 0.4) is 0 Å². The second-order valence-corrected chi connectivity index (χ2v) is 4.88. The molecule has 0 bridgehead atoms. The fraction of sp³-hybridized carbons (Fsp3) is 0.500. The lowest BCUT2D eigenvalue weighted by molar-refractivity contribution is 0.0571. The minimum absolute atomic E-state index is 0.111. The molecule has 1 aromatic rings. The highest BCUT2D eigenvalue weighted by atomic mass is 16.3. The van der Waals surface area contributed by atoms with Gasteiger partial charge in [0.1, 0.15) is 0 Å². The number of pyridine rings is 1. The summed E-state index contributed by atoms with van der Waals surface area (Å²) in [5, 5.41) is 9.85. The van der Waals surface area contributed by atoms with Crippen molar-refractivity contribution in [2.75, 3.05) is 18.8 Å². The summed E-state index contributed by atoms with van der Waals surface area (Å²) >= 11 is 0. The highest BCUT2D eigenvalue weighted by Crippen LogP contribution is 2.23. The molecule has 2 rings (SSSR count). The average molecular weight is 235 g/mol. The molecule has 3 N–H and O–H groups in total. The Kier molecular flexibility index (Phi) is 2.79. The van der Waals surface area contributed by atoms with Gasteiger partial charge in [-0.05, 0) is 26.3 Å². The van der Waals surface area contributed by atoms with Gasteiger partial charge in [0.25, 0.3) is 5.91 Å². The van der Waals surface area contributed by atoms with Crippen molar-refractivity contribution in [1.29, 1.82) is 0 Å². The number of aromatic nitrogens is 1. The molecule has 5 heteroatoms. The summed E-state index contributed by atoms with van der Waals surface area (Å²) in [5.41, 5.74) is 6.51. The minimum atomic E-state index is -0.780. The number of anilines is 1. The Morgan fingerprint density at radius 2 is 2.35 bits per heavy atom. The molecule has 1 aliphatic rings. The second kappa shape index (κ2) is 4.00. The van der Waals surface area contributed by atoms with E-state index in [9.17, 15) is 9.90 Å². The highest BCUT2D eigenvalue weighted by Gasteiger charge is 2.34. The Balaban J connectivity index is 2.23. The monoisotopic (exact) mass is 235 g/mol. The van der Waals surface area contributed by atoms with Crippen LogP contribution in [0, 0.1) is 6.92 Å². The van der Waals surface area contributed by atoms with Crippen molar-refractivity contribution < 1.29 is 9.90 Å². The van der Waals surface area contributed by atoms with E-state index in [4.69, 9.17) is 5.73 Å². The third kappa shape index (κ3) is 2.39. The SMILES string of the molecule is Cc1ncc(N)cc1C(=O)N1CCC(C)(O)C1. The quantitative estimate of drug-likeness (QED) is 0.745. The van der Waals surface area contributed by atoms with Gasteiger partial charge in [0.05, 0.1) is 28.7 Å². The first-order chi connectivity index (χ1) is 7.89. The van der Waals surface area contributed by atoms with Crippen molar-refractivity contribution in [2.45, 2.75) is 25.9 Å². The van der Waals surface area contributed by atoms with E-state index in [1.807, 2.05) is 0 Å². The van der Waals surface area contributed by atoms with Crippen LogP contribution in [-0.4, -0.2) is 39.6 Å². The topological polar surface area (TPSA) is 79.5 Å². The van der Waals surface area contributed by atoms with Crippen LogP contribution in [0.4, 0.5) is 5.69 Å². The maximum atomic E-state index is 12.2. The van der Waals surface area contributed by atoms with Crippen molar-refractivity contribution in [2.24, 2.45) is 0 Å². The average Bonchev–Trinajstić information content (AvgIpc) is 2.61. The van der Waals surface area contributed by atoms with Gasteiger partial charge in [0, 0.05) is 13.1 Å². The molecule has 0 spiro atoms. The minimum Gasteiger partial charge on any atom is -0.397 e. The first-order valence-corrected chi connectivity index (χ1v) is 5.63. The number of amides is 1. The fourth-order valence-electron chi connectivity index (χ4n) is 2.05. The molecular weight excluding hydrogens is 218 g/mol. The smallest absolute Gasteiger partial charge is 0.255 e. The van der Waals surface area contributed by atoms with E-state index in [-0.39, 0.29) is 5.91 Å². The molecule has 17 heavy (non-hydrogen) atoms. The summed E-state index contributed by atoms with van der Waals surface area (Å²) in [6, 6.07) is 1.64. The Morgan fingerprint density at radius 3 is 2.94 bits per heavy atom. The Bertz CT molecular complexity index is 457. The van der Waals surface area contributed by atoms with Crippen LogP contribution in [-0.2, 0) is 0 Å². The fourth-order valence-corrected chi connectivity index (χ4v) is 2.05. The maximum Gasteiger partial charge on any atom is 0.255 e. The summed E-state index contributed by atoms with van der Waals surface area (Å²) in [5.74, 6) is -0.111. The van der Waals surface area contributed by atoms with Crippen LogP contribution in [0.15, 0.2) is 12.3 Å². The van der Waals surface area contributed by atoms with Crippen molar-refractivity contribution >= 4 is 11.6 Å². The first kappa shape index (κ1) is 11.9. The third-order valence-electron chi connectivity index (χ3n) is 3.08. The molecule has 1 saturated heterocycles. The number of nitrogens with two attached hydrogens (primary N) is 1. The Hall–Kier alpha value is -1.62. The van der Waals surface area contributed by atoms with Crippen LogP contribution >= 0.6 is 0 Å². The van der Waals surface area contributed by atoms with E-state index in [0.717, 1.165) is 0 Å². The predicted octanol–water partition coefficient (Wildman–Crippen LogP) is 0.569. The van der Waals surface area contributed by atoms with E-state index >= 15 is 0 Å². The lowest BCUT2D eigenvalue weighted by atomic mass is 10.1. The van der Waals surface area contributed by atoms with Gasteiger partial charge in [-0.15, -0.1) is 0 Å². The van der Waals surface area contributed by atoms with E-state index in [0.29, 0.717) is 36.5 Å². The van der Waals surface area contributed by atoms with Crippen LogP contribution < -0.4 is 5.73 Å². The number of rotatable bonds is 1. The van der Waals surface area contributed by atoms with Crippen molar-refractivity contribution in [1.82, 2.24) is 9.88 Å². The van der Waals surface area contributed by atoms with Gasteiger partial charge in [-0.3, -0.25) is 9.78 Å². The number of carbonyl (C=O) groups excluding carboxylic acids is 1. The molecule has 92 valence electrons. The standard InChI is InChI=1S/C12H17N3O2/c1-8-10(5-9(13)6-14-8)11(16)15-4-3-12(2,17)7-15/h5-6,17H,3-4,7,13H2,1-2H3. The molecule has 1 amide bonds. The Morgan fingerprint density at radius 1 is 1.65 bits per heavy atom. The molecular formula is C12H17N3O2. The predicted molar refractivity (Wildman–Crippen MR) is 64.5 cm³/mol. The summed E-state index contributed by atoms with van der Waals surface area (Å²) in [4.78, 5) is 17.9. The summed E-state index contributed by atoms with van der Waals surface area (Å²) < 4.78 is 0.